The Hall–Kier alpha value is -3.77. The molecule has 5 atom stereocenters. The van der Waals surface area contributed by atoms with E-state index in [1.807, 2.05) is 19.9 Å². The number of aromatic amines is 1. The summed E-state index contributed by atoms with van der Waals surface area (Å²) in [6.45, 7) is 5.08. The van der Waals surface area contributed by atoms with Crippen LogP contribution in [0.25, 0.3) is 0 Å². The van der Waals surface area contributed by atoms with Gasteiger partial charge in [0.15, 0.2) is 0 Å². The highest BCUT2D eigenvalue weighted by Gasteiger charge is 2.31. The first-order chi connectivity index (χ1) is 17.5. The molecule has 0 aliphatic rings. The highest BCUT2D eigenvalue weighted by Crippen LogP contribution is 2.09. The van der Waals surface area contributed by atoms with Gasteiger partial charge < -0.3 is 36.9 Å². The molecule has 2 aromatic rings. The Kier molecular flexibility index (Phi) is 11.2. The van der Waals surface area contributed by atoms with Crippen LogP contribution in [-0.2, 0) is 32.0 Å². The number of nitrogens with zero attached hydrogens (tertiary/aromatic N) is 1. The van der Waals surface area contributed by atoms with Crippen LogP contribution in [0.15, 0.2) is 42.9 Å². The number of aliphatic hydroxyl groups excluding tert-OH is 1. The molecule has 0 bridgehead atoms. The summed E-state index contributed by atoms with van der Waals surface area (Å²) >= 11 is 0. The van der Waals surface area contributed by atoms with Crippen LogP contribution < -0.4 is 21.7 Å². The molecule has 0 radical (unpaired) electrons. The van der Waals surface area contributed by atoms with Crippen LogP contribution in [0.2, 0.25) is 0 Å². The van der Waals surface area contributed by atoms with Gasteiger partial charge in [-0.2, -0.15) is 0 Å². The zero-order valence-electron chi connectivity index (χ0n) is 21.2. The van der Waals surface area contributed by atoms with E-state index in [-0.39, 0.29) is 25.2 Å². The number of carboxylic acids is 1. The molecular formula is C25H36N6O6. The van der Waals surface area contributed by atoms with E-state index in [1.165, 1.54) is 19.4 Å². The van der Waals surface area contributed by atoms with Gasteiger partial charge in [-0.1, -0.05) is 44.2 Å². The molecule has 12 heteroatoms. The molecule has 0 fully saturated rings. The molecule has 5 unspecified atom stereocenters. The Labute approximate surface area is 215 Å². The largest absolute Gasteiger partial charge is 0.480 e. The Morgan fingerprint density at radius 3 is 2.05 bits per heavy atom. The van der Waals surface area contributed by atoms with Gasteiger partial charge in [0.25, 0.3) is 0 Å². The number of rotatable bonds is 14. The average molecular weight is 517 g/mol. The number of nitrogens with one attached hydrogen (secondary N) is 4. The van der Waals surface area contributed by atoms with Gasteiger partial charge in [-0.3, -0.25) is 14.4 Å². The second kappa shape index (κ2) is 14.1. The molecule has 1 heterocycles. The molecule has 202 valence electrons. The van der Waals surface area contributed by atoms with E-state index >= 15 is 0 Å². The fraction of sp³-hybridized carbons (Fsp3) is 0.480. The maximum absolute atomic E-state index is 13.3. The number of imidazole rings is 1. The van der Waals surface area contributed by atoms with Crippen LogP contribution in [0.4, 0.5) is 0 Å². The van der Waals surface area contributed by atoms with Crippen molar-refractivity contribution in [2.24, 2.45) is 11.7 Å². The molecule has 0 spiro atoms. The van der Waals surface area contributed by atoms with E-state index in [4.69, 9.17) is 5.73 Å². The summed E-state index contributed by atoms with van der Waals surface area (Å²) in [5, 5.41) is 27.0. The van der Waals surface area contributed by atoms with Gasteiger partial charge in [0, 0.05) is 24.7 Å². The van der Waals surface area contributed by atoms with Crippen LogP contribution in [-0.4, -0.2) is 74.1 Å². The number of amides is 3. The summed E-state index contributed by atoms with van der Waals surface area (Å²) in [5.41, 5.74) is 7.01. The molecule has 1 aromatic carbocycles. The van der Waals surface area contributed by atoms with Gasteiger partial charge in [-0.25, -0.2) is 9.78 Å². The lowest BCUT2D eigenvalue weighted by atomic mass is 10.00. The molecule has 2 rings (SSSR count). The number of nitrogens with two attached hydrogens (primary N) is 1. The lowest BCUT2D eigenvalue weighted by molar-refractivity contribution is -0.142. The van der Waals surface area contributed by atoms with Crippen molar-refractivity contribution in [1.82, 2.24) is 25.9 Å². The second-order valence-corrected chi connectivity index (χ2v) is 9.39. The number of hydrogen-bond donors (Lipinski definition) is 7. The van der Waals surface area contributed by atoms with Gasteiger partial charge in [-0.15, -0.1) is 0 Å². The topological polar surface area (TPSA) is 200 Å². The third-order valence-corrected chi connectivity index (χ3v) is 5.67. The van der Waals surface area contributed by atoms with Gasteiger partial charge in [0.1, 0.15) is 24.2 Å². The summed E-state index contributed by atoms with van der Waals surface area (Å²) in [6, 6.07) is 4.30. The van der Waals surface area contributed by atoms with Gasteiger partial charge in [0.2, 0.25) is 17.7 Å². The zero-order chi connectivity index (χ0) is 27.5. The smallest absolute Gasteiger partial charge is 0.326 e. The predicted octanol–water partition coefficient (Wildman–Crippen LogP) is -0.512. The summed E-state index contributed by atoms with van der Waals surface area (Å²) in [4.78, 5) is 57.4. The van der Waals surface area contributed by atoms with Gasteiger partial charge >= 0.3 is 5.97 Å². The highest BCUT2D eigenvalue weighted by atomic mass is 16.4. The molecule has 0 aliphatic carbocycles. The number of carbonyl (C=O) groups excluding carboxylic acids is 3. The van der Waals surface area contributed by atoms with Crippen LogP contribution in [0.3, 0.4) is 0 Å². The van der Waals surface area contributed by atoms with Crippen molar-refractivity contribution in [3.05, 3.63) is 54.1 Å². The third-order valence-electron chi connectivity index (χ3n) is 5.67. The Balaban J connectivity index is 2.20. The zero-order valence-corrected chi connectivity index (χ0v) is 21.2. The summed E-state index contributed by atoms with van der Waals surface area (Å²) in [7, 11) is 0. The average Bonchev–Trinajstić information content (AvgIpc) is 3.35. The SMILES string of the molecule is CC(C)CC(NC(=O)C(Cc1ccccc1)NC(=O)C(N)C(C)O)C(=O)NC(Cc1cnc[nH]1)C(=O)O. The van der Waals surface area contributed by atoms with Crippen molar-refractivity contribution in [2.75, 3.05) is 0 Å². The van der Waals surface area contributed by atoms with Crippen molar-refractivity contribution in [2.45, 2.75) is 70.3 Å². The molecule has 0 saturated heterocycles. The lowest BCUT2D eigenvalue weighted by Gasteiger charge is -2.26. The number of carbonyl (C=O) groups is 4. The molecular weight excluding hydrogens is 480 g/mol. The number of benzene rings is 1. The first kappa shape index (κ1) is 29.5. The number of aliphatic hydroxyl groups is 1. The fourth-order valence-electron chi connectivity index (χ4n) is 3.61. The number of hydrogen-bond acceptors (Lipinski definition) is 7. The van der Waals surface area contributed by atoms with E-state index in [0.29, 0.717) is 5.69 Å². The molecule has 0 aliphatic heterocycles. The molecule has 37 heavy (non-hydrogen) atoms. The molecule has 12 nitrogen and oxygen atoms in total. The van der Waals surface area contributed by atoms with E-state index in [2.05, 4.69) is 25.9 Å². The second-order valence-electron chi connectivity index (χ2n) is 9.39. The van der Waals surface area contributed by atoms with E-state index in [9.17, 15) is 29.4 Å². The van der Waals surface area contributed by atoms with Gasteiger partial charge in [0.05, 0.1) is 12.4 Å². The number of carboxylic acid groups (broad SMARTS) is 1. The molecule has 8 N–H and O–H groups in total. The van der Waals surface area contributed by atoms with Crippen molar-refractivity contribution < 1.29 is 29.4 Å². The summed E-state index contributed by atoms with van der Waals surface area (Å²) in [5.74, 6) is -3.28. The fourth-order valence-corrected chi connectivity index (χ4v) is 3.61. The van der Waals surface area contributed by atoms with Crippen LogP contribution in [0.5, 0.6) is 0 Å². The van der Waals surface area contributed by atoms with E-state index < -0.39 is 54.0 Å². The van der Waals surface area contributed by atoms with Crippen molar-refractivity contribution in [3.8, 4) is 0 Å². The minimum Gasteiger partial charge on any atom is -0.480 e. The van der Waals surface area contributed by atoms with Crippen molar-refractivity contribution >= 4 is 23.7 Å². The molecule has 1 aromatic heterocycles. The predicted molar refractivity (Wildman–Crippen MR) is 135 cm³/mol. The van der Waals surface area contributed by atoms with E-state index in [1.54, 1.807) is 24.3 Å². The number of aliphatic carboxylic acids is 1. The minimum absolute atomic E-state index is 0.0160. The normalized spacial score (nSPS) is 15.2. The van der Waals surface area contributed by atoms with E-state index in [0.717, 1.165) is 5.56 Å². The molecule has 3 amide bonds. The Morgan fingerprint density at radius 1 is 0.919 bits per heavy atom. The lowest BCUT2D eigenvalue weighted by Crippen LogP contribution is -2.59. The maximum atomic E-state index is 13.3. The first-order valence-electron chi connectivity index (χ1n) is 12.1. The highest BCUT2D eigenvalue weighted by molar-refractivity contribution is 5.94. The van der Waals surface area contributed by atoms with Crippen molar-refractivity contribution in [1.29, 1.82) is 0 Å². The standard InChI is InChI=1S/C25H36N6O6/c1-14(2)9-18(22(33)31-20(25(36)37)11-17-12-27-13-28-17)29-23(34)19(10-16-7-5-4-6-8-16)30-24(35)21(26)15(3)32/h4-8,12-15,18-21,32H,9-11,26H2,1-3H3,(H,27,28)(H,29,34)(H,30,35)(H,31,33)(H,36,37). The van der Waals surface area contributed by atoms with Gasteiger partial charge in [-0.05, 0) is 24.8 Å². The summed E-state index contributed by atoms with van der Waals surface area (Å²) < 4.78 is 0. The van der Waals surface area contributed by atoms with Crippen LogP contribution >= 0.6 is 0 Å². The Morgan fingerprint density at radius 2 is 1.51 bits per heavy atom. The quantitative estimate of drug-likeness (QED) is 0.174. The summed E-state index contributed by atoms with van der Waals surface area (Å²) in [6.07, 6.45) is 2.05. The molecule has 0 saturated carbocycles. The first-order valence-corrected chi connectivity index (χ1v) is 12.1. The third kappa shape index (κ3) is 9.66. The maximum Gasteiger partial charge on any atom is 0.326 e. The number of H-pyrrole nitrogens is 1. The monoisotopic (exact) mass is 516 g/mol. The minimum atomic E-state index is -1.25. The van der Waals surface area contributed by atoms with Crippen LogP contribution in [0.1, 0.15) is 38.4 Å². The number of aromatic nitrogens is 2. The van der Waals surface area contributed by atoms with Crippen molar-refractivity contribution in [3.63, 3.8) is 0 Å². The van der Waals surface area contributed by atoms with Crippen LogP contribution in [0, 0.1) is 5.92 Å². The Bertz CT molecular complexity index is 1030.